The third-order valence-electron chi connectivity index (χ3n) is 3.37. The summed E-state index contributed by atoms with van der Waals surface area (Å²) >= 11 is 11.7. The van der Waals surface area contributed by atoms with Crippen molar-refractivity contribution < 1.29 is 19.8 Å². The number of carbonyl (C=O) groups is 2. The molecule has 1 aromatic rings. The summed E-state index contributed by atoms with van der Waals surface area (Å²) in [5.74, 6) is -1.24. The van der Waals surface area contributed by atoms with E-state index in [4.69, 9.17) is 28.3 Å². The average Bonchev–Trinajstić information content (AvgIpc) is 2.89. The fourth-order valence-corrected chi connectivity index (χ4v) is 2.88. The van der Waals surface area contributed by atoms with E-state index in [0.29, 0.717) is 13.0 Å². The zero-order chi connectivity index (χ0) is 15.6. The SMILES string of the molecule is O=C(O)c1cc(Cl)cc(Cl)c1NC(=O)N1CCCC1CO. The van der Waals surface area contributed by atoms with Gasteiger partial charge in [0.1, 0.15) is 0 Å². The van der Waals surface area contributed by atoms with Crippen LogP contribution in [0.3, 0.4) is 0 Å². The second-order valence-electron chi connectivity index (χ2n) is 4.72. The number of carboxylic acids is 1. The lowest BCUT2D eigenvalue weighted by molar-refractivity contribution is 0.0698. The number of anilines is 1. The Kier molecular flexibility index (Phi) is 4.92. The van der Waals surface area contributed by atoms with Crippen LogP contribution in [0.5, 0.6) is 0 Å². The van der Waals surface area contributed by atoms with Crippen molar-refractivity contribution in [3.8, 4) is 0 Å². The van der Waals surface area contributed by atoms with E-state index >= 15 is 0 Å². The molecule has 1 unspecified atom stereocenters. The summed E-state index contributed by atoms with van der Waals surface area (Å²) in [5, 5.41) is 21.1. The normalized spacial score (nSPS) is 17.9. The minimum absolute atomic E-state index is 0.00200. The molecule has 0 spiro atoms. The lowest BCUT2D eigenvalue weighted by atomic mass is 10.2. The molecule has 21 heavy (non-hydrogen) atoms. The summed E-state index contributed by atoms with van der Waals surface area (Å²) in [6, 6.07) is 1.83. The van der Waals surface area contributed by atoms with Crippen molar-refractivity contribution in [3.05, 3.63) is 27.7 Å². The fraction of sp³-hybridized carbons (Fsp3) is 0.385. The maximum absolute atomic E-state index is 12.2. The predicted molar refractivity (Wildman–Crippen MR) is 79.3 cm³/mol. The van der Waals surface area contributed by atoms with Gasteiger partial charge in [-0.05, 0) is 25.0 Å². The van der Waals surface area contributed by atoms with E-state index < -0.39 is 12.0 Å². The number of amides is 2. The molecule has 1 aliphatic rings. The molecule has 0 saturated carbocycles. The first-order valence-corrected chi connectivity index (χ1v) is 7.10. The molecule has 1 aromatic carbocycles. The quantitative estimate of drug-likeness (QED) is 0.793. The number of likely N-dealkylation sites (tertiary alicyclic amines) is 1. The van der Waals surface area contributed by atoms with Crippen molar-refractivity contribution in [2.75, 3.05) is 18.5 Å². The molecule has 1 fully saturated rings. The Balaban J connectivity index is 2.27. The van der Waals surface area contributed by atoms with Gasteiger partial charge in [-0.25, -0.2) is 9.59 Å². The van der Waals surface area contributed by atoms with Crippen LogP contribution in [-0.2, 0) is 0 Å². The molecule has 0 bridgehead atoms. The van der Waals surface area contributed by atoms with Gasteiger partial charge in [0.2, 0.25) is 0 Å². The summed E-state index contributed by atoms with van der Waals surface area (Å²) in [6.45, 7) is 0.373. The van der Waals surface area contributed by atoms with Crippen molar-refractivity contribution in [1.82, 2.24) is 4.90 Å². The number of nitrogens with one attached hydrogen (secondary N) is 1. The molecule has 0 aliphatic carbocycles. The third-order valence-corrected chi connectivity index (χ3v) is 3.88. The number of aliphatic hydroxyl groups is 1. The highest BCUT2D eigenvalue weighted by atomic mass is 35.5. The molecule has 1 heterocycles. The number of urea groups is 1. The number of aliphatic hydroxyl groups excluding tert-OH is 1. The number of carbonyl (C=O) groups excluding carboxylic acids is 1. The maximum Gasteiger partial charge on any atom is 0.337 e. The van der Waals surface area contributed by atoms with Crippen molar-refractivity contribution in [1.29, 1.82) is 0 Å². The topological polar surface area (TPSA) is 89.9 Å². The number of rotatable bonds is 3. The minimum atomic E-state index is -1.24. The Morgan fingerprint density at radius 3 is 2.71 bits per heavy atom. The molecular weight excluding hydrogens is 319 g/mol. The van der Waals surface area contributed by atoms with Crippen LogP contribution in [0.1, 0.15) is 23.2 Å². The van der Waals surface area contributed by atoms with Crippen LogP contribution in [0.15, 0.2) is 12.1 Å². The number of benzene rings is 1. The number of halogens is 2. The Morgan fingerprint density at radius 2 is 2.10 bits per heavy atom. The summed E-state index contributed by atoms with van der Waals surface area (Å²) in [5.41, 5.74) is -0.178. The van der Waals surface area contributed by atoms with Gasteiger partial charge in [0, 0.05) is 11.6 Å². The van der Waals surface area contributed by atoms with E-state index in [0.717, 1.165) is 6.42 Å². The third kappa shape index (κ3) is 3.40. The molecule has 8 heteroatoms. The highest BCUT2D eigenvalue weighted by Crippen LogP contribution is 2.31. The zero-order valence-corrected chi connectivity index (χ0v) is 12.5. The van der Waals surface area contributed by atoms with Crippen molar-refractivity contribution in [3.63, 3.8) is 0 Å². The van der Waals surface area contributed by atoms with Crippen molar-refractivity contribution >= 4 is 40.9 Å². The molecular formula is C13H14Cl2N2O4. The Morgan fingerprint density at radius 1 is 1.38 bits per heavy atom. The molecule has 0 aromatic heterocycles. The highest BCUT2D eigenvalue weighted by molar-refractivity contribution is 6.37. The molecule has 2 rings (SSSR count). The van der Waals surface area contributed by atoms with Gasteiger partial charge in [0.15, 0.2) is 0 Å². The Bertz CT molecular complexity index is 580. The molecule has 2 amide bonds. The van der Waals surface area contributed by atoms with Crippen LogP contribution >= 0.6 is 23.2 Å². The average molecular weight is 333 g/mol. The van der Waals surface area contributed by atoms with E-state index in [9.17, 15) is 14.7 Å². The summed E-state index contributed by atoms with van der Waals surface area (Å²) in [6.07, 6.45) is 1.50. The second-order valence-corrected chi connectivity index (χ2v) is 5.56. The number of carboxylic acid groups (broad SMARTS) is 1. The maximum atomic E-state index is 12.2. The first-order chi connectivity index (χ1) is 9.93. The summed E-state index contributed by atoms with van der Waals surface area (Å²) in [7, 11) is 0. The molecule has 114 valence electrons. The fourth-order valence-electron chi connectivity index (χ4n) is 2.34. The van der Waals surface area contributed by atoms with E-state index in [1.54, 1.807) is 0 Å². The van der Waals surface area contributed by atoms with Crippen LogP contribution in [0.25, 0.3) is 0 Å². The number of nitrogens with zero attached hydrogens (tertiary/aromatic N) is 1. The van der Waals surface area contributed by atoms with E-state index in [2.05, 4.69) is 5.32 Å². The van der Waals surface area contributed by atoms with Gasteiger partial charge >= 0.3 is 12.0 Å². The van der Waals surface area contributed by atoms with E-state index in [-0.39, 0.29) is 33.9 Å². The van der Waals surface area contributed by atoms with Crippen LogP contribution in [0.2, 0.25) is 10.0 Å². The Labute approximate surface area is 131 Å². The van der Waals surface area contributed by atoms with Crippen LogP contribution < -0.4 is 5.32 Å². The molecule has 1 atom stereocenters. The van der Waals surface area contributed by atoms with Crippen LogP contribution in [-0.4, -0.2) is 46.3 Å². The highest BCUT2D eigenvalue weighted by Gasteiger charge is 2.29. The minimum Gasteiger partial charge on any atom is -0.478 e. The molecule has 0 radical (unpaired) electrons. The first kappa shape index (κ1) is 15.9. The lowest BCUT2D eigenvalue weighted by Gasteiger charge is -2.24. The van der Waals surface area contributed by atoms with Crippen molar-refractivity contribution in [2.24, 2.45) is 0 Å². The standard InChI is InChI=1S/C13H14Cl2N2O4/c14-7-4-9(12(19)20)11(10(15)5-7)16-13(21)17-3-1-2-8(17)6-18/h4-5,8,18H,1-3,6H2,(H,16,21)(H,19,20). The number of aromatic carboxylic acids is 1. The van der Waals surface area contributed by atoms with E-state index in [1.807, 2.05) is 0 Å². The first-order valence-electron chi connectivity index (χ1n) is 6.35. The van der Waals surface area contributed by atoms with E-state index in [1.165, 1.54) is 17.0 Å². The zero-order valence-electron chi connectivity index (χ0n) is 11.0. The largest absolute Gasteiger partial charge is 0.478 e. The smallest absolute Gasteiger partial charge is 0.337 e. The van der Waals surface area contributed by atoms with Gasteiger partial charge < -0.3 is 20.4 Å². The Hall–Kier alpha value is -1.50. The lowest BCUT2D eigenvalue weighted by Crippen LogP contribution is -2.40. The van der Waals surface area contributed by atoms with Crippen molar-refractivity contribution in [2.45, 2.75) is 18.9 Å². The molecule has 3 N–H and O–H groups in total. The molecule has 1 saturated heterocycles. The predicted octanol–water partition coefficient (Wildman–Crippen LogP) is 2.68. The van der Waals surface area contributed by atoms with Crippen LogP contribution in [0, 0.1) is 0 Å². The van der Waals surface area contributed by atoms with Gasteiger partial charge in [0.05, 0.1) is 28.9 Å². The molecule has 1 aliphatic heterocycles. The van der Waals surface area contributed by atoms with Gasteiger partial charge in [-0.1, -0.05) is 23.2 Å². The van der Waals surface area contributed by atoms with Crippen LogP contribution in [0.4, 0.5) is 10.5 Å². The van der Waals surface area contributed by atoms with Gasteiger partial charge in [-0.3, -0.25) is 0 Å². The second kappa shape index (κ2) is 6.51. The summed E-state index contributed by atoms with van der Waals surface area (Å²) in [4.78, 5) is 24.9. The van der Waals surface area contributed by atoms with Gasteiger partial charge in [0.25, 0.3) is 0 Å². The summed E-state index contributed by atoms with van der Waals surface area (Å²) < 4.78 is 0. The molecule has 6 nitrogen and oxygen atoms in total. The van der Waals surface area contributed by atoms with Gasteiger partial charge in [-0.2, -0.15) is 0 Å². The number of hydrogen-bond acceptors (Lipinski definition) is 3. The van der Waals surface area contributed by atoms with Gasteiger partial charge in [-0.15, -0.1) is 0 Å². The number of hydrogen-bond donors (Lipinski definition) is 3. The monoisotopic (exact) mass is 332 g/mol.